The molecule has 3 amide bonds. The molecule has 3 unspecified atom stereocenters. The van der Waals surface area contributed by atoms with Crippen molar-refractivity contribution in [1.29, 1.82) is 0 Å². The molecule has 3 saturated heterocycles. The Labute approximate surface area is 728 Å². The molecule has 3 fully saturated rings. The van der Waals surface area contributed by atoms with Crippen LogP contribution >= 0.6 is 81.2 Å². The van der Waals surface area contributed by atoms with Gasteiger partial charge < -0.3 is 59.6 Å². The van der Waals surface area contributed by atoms with Gasteiger partial charge in [-0.25, -0.2) is 36.9 Å². The van der Waals surface area contributed by atoms with Crippen molar-refractivity contribution in [3.8, 4) is 0 Å². The molecule has 0 bridgehead atoms. The Hall–Kier alpha value is -11.0. The average molecular weight is 1800 g/mol. The normalized spacial score (nSPS) is 16.9. The van der Waals surface area contributed by atoms with E-state index >= 15 is 0 Å². The molecule has 6 aliphatic heterocycles. The summed E-state index contributed by atoms with van der Waals surface area (Å²) in [5, 5.41) is 14.2. The molecular formula is C84H85Cl7F3N15O12. The van der Waals surface area contributed by atoms with Gasteiger partial charge in [0.15, 0.2) is 0 Å². The highest BCUT2D eigenvalue weighted by atomic mass is 35.5. The summed E-state index contributed by atoms with van der Waals surface area (Å²) in [6, 6.07) is 35.7. The van der Waals surface area contributed by atoms with Gasteiger partial charge >= 0.3 is 17.6 Å². The summed E-state index contributed by atoms with van der Waals surface area (Å²) < 4.78 is 61.4. The molecule has 37 heteroatoms. The molecule has 0 spiro atoms. The number of nitrogens with one attached hydrogen (secondary N) is 4. The van der Waals surface area contributed by atoms with Crippen molar-refractivity contribution >= 4 is 151 Å². The third-order valence-corrected chi connectivity index (χ3v) is 22.7. The van der Waals surface area contributed by atoms with Gasteiger partial charge in [-0.15, -0.1) is 9.36 Å². The predicted octanol–water partition coefficient (Wildman–Crippen LogP) is 16.3. The fourth-order valence-electron chi connectivity index (χ4n) is 14.9. The number of hydrogen-bond donors (Lipinski definition) is 4. The number of anilines is 6. The zero-order valence-corrected chi connectivity index (χ0v) is 72.2. The van der Waals surface area contributed by atoms with E-state index in [4.69, 9.17) is 90.7 Å². The third-order valence-electron chi connectivity index (χ3n) is 20.4. The van der Waals surface area contributed by atoms with E-state index in [0.29, 0.717) is 161 Å². The minimum Gasteiger partial charge on any atom is -0.451 e. The molecule has 9 aromatic rings. The summed E-state index contributed by atoms with van der Waals surface area (Å²) in [5.74, 6) is -0.298. The number of nitrogens with zero attached hydrogens (tertiary/aromatic N) is 11. The standard InChI is InChI=1S/2C28H28Cl2FN5O4.C24H22Cl2FN5O2.C4H7ClO2/c2*1-16(2)40-28(39)36-24(37)15-23-32-17(3)25(26(35(23)36)18-4-9-21(29)22(30)14-18)27(38)34-12-10-33(11-13-34)20-7-5-19(31)6-8-20;1-14-22(24(34)31-10-8-30(9-11-31)17-5-3-16(27)4-6-17)23(15-2-7-18(25)19(26)12-15)32-20(28-14)13-21(33)29-32;1-3(2)7-4(5)6/h2*4-9,14-16,26,32H,10-13H2,1-3H3;2-7,12-13,23,28H,8-11H2,1H3,(H,29,33);3H,1-2H3. The van der Waals surface area contributed by atoms with Crippen LogP contribution in [-0.2, 0) is 28.6 Å². The van der Waals surface area contributed by atoms with E-state index in [1.54, 1.807) is 166 Å². The molecule has 15 rings (SSSR count). The molecule has 3 aromatic heterocycles. The van der Waals surface area contributed by atoms with Gasteiger partial charge in [0.1, 0.15) is 53.0 Å². The Kier molecular flexibility index (Phi) is 28.3. The quantitative estimate of drug-likeness (QED) is 0.0653. The monoisotopic (exact) mass is 1800 g/mol. The highest BCUT2D eigenvalue weighted by Gasteiger charge is 2.43. The van der Waals surface area contributed by atoms with Crippen LogP contribution in [0, 0.1) is 17.5 Å². The first kappa shape index (κ1) is 89.3. The van der Waals surface area contributed by atoms with E-state index in [1.165, 1.54) is 64.0 Å². The molecule has 638 valence electrons. The summed E-state index contributed by atoms with van der Waals surface area (Å²) in [7, 11) is 0. The number of aromatic amines is 1. The number of fused-ring (bicyclic) bond motifs is 3. The van der Waals surface area contributed by atoms with Gasteiger partial charge in [-0.1, -0.05) is 87.8 Å². The molecule has 0 saturated carbocycles. The van der Waals surface area contributed by atoms with Crippen molar-refractivity contribution in [1.82, 2.24) is 43.2 Å². The summed E-state index contributed by atoms with van der Waals surface area (Å²) in [6.07, 6.45) is -2.78. The second-order valence-electron chi connectivity index (χ2n) is 29.7. The molecule has 4 N–H and O–H groups in total. The van der Waals surface area contributed by atoms with Crippen molar-refractivity contribution < 1.29 is 56.1 Å². The summed E-state index contributed by atoms with van der Waals surface area (Å²) in [5.41, 5.74) is 5.27. The first-order valence-corrected chi connectivity index (χ1v) is 41.1. The van der Waals surface area contributed by atoms with E-state index < -0.39 is 59.1 Å². The lowest BCUT2D eigenvalue weighted by Gasteiger charge is -2.39. The van der Waals surface area contributed by atoms with Crippen LogP contribution in [0.1, 0.15) is 97.1 Å². The maximum atomic E-state index is 14.1. The highest BCUT2D eigenvalue weighted by Crippen LogP contribution is 2.43. The van der Waals surface area contributed by atoms with Crippen molar-refractivity contribution in [2.45, 2.75) is 98.8 Å². The number of hydrogen-bond acceptors (Lipinski definition) is 18. The van der Waals surface area contributed by atoms with Gasteiger partial charge in [-0.3, -0.25) is 38.5 Å². The van der Waals surface area contributed by atoms with Crippen molar-refractivity contribution in [2.24, 2.45) is 0 Å². The van der Waals surface area contributed by atoms with Gasteiger partial charge in [0.05, 0.1) is 65.2 Å². The molecule has 3 atom stereocenters. The molecule has 6 aliphatic rings. The van der Waals surface area contributed by atoms with Crippen LogP contribution in [0.4, 0.5) is 62.1 Å². The number of allylic oxidation sites excluding steroid dienone is 3. The van der Waals surface area contributed by atoms with Crippen LogP contribution in [0.5, 0.6) is 0 Å². The number of piperazine rings is 3. The molecule has 27 nitrogen and oxygen atoms in total. The maximum absolute atomic E-state index is 14.1. The van der Waals surface area contributed by atoms with Crippen molar-refractivity contribution in [3.05, 3.63) is 275 Å². The van der Waals surface area contributed by atoms with Crippen LogP contribution in [-0.4, -0.2) is 175 Å². The van der Waals surface area contributed by atoms with Crippen LogP contribution in [0.3, 0.4) is 0 Å². The zero-order valence-electron chi connectivity index (χ0n) is 66.9. The van der Waals surface area contributed by atoms with E-state index in [0.717, 1.165) is 32.0 Å². The zero-order chi connectivity index (χ0) is 87.3. The van der Waals surface area contributed by atoms with Gasteiger partial charge in [0.2, 0.25) is 0 Å². The first-order valence-electron chi connectivity index (χ1n) is 38.5. The Bertz CT molecular complexity index is 5490. The smallest absolute Gasteiger partial charge is 0.436 e. The van der Waals surface area contributed by atoms with E-state index in [2.05, 4.69) is 40.5 Å². The number of amides is 3. The largest absolute Gasteiger partial charge is 0.451 e. The second-order valence-corrected chi connectivity index (χ2v) is 32.4. The maximum Gasteiger partial charge on any atom is 0.436 e. The number of aromatic nitrogens is 6. The minimum absolute atomic E-state index is 0.106. The lowest BCUT2D eigenvalue weighted by Crippen LogP contribution is -2.50. The first-order chi connectivity index (χ1) is 57.5. The number of rotatable bonds is 12. The SMILES string of the molecule is CC(C)OC(=O)Cl.CC1=C(C(=O)N2CCN(c3ccc(F)cc3)CC2)C(c2ccc(Cl)c(Cl)c2)n2[nH]c(=O)cc2N1.CC1=C(C(=O)N2CCN(c3ccc(F)cc3)CC2)C(c2ccc(Cl)c(Cl)c2)n2c(cc(=O)n2C(=O)OC(C)C)N1.CC1=C(C(=O)N2CCN(c3ccc(F)cc3)CC2)C(c2ccc(Cl)c(Cl)c2)n2c(cc(=O)n2C(=O)OC(C)C)N1. The fourth-order valence-corrected chi connectivity index (χ4v) is 16.0. The Morgan fingerprint density at radius 1 is 0.372 bits per heavy atom. The summed E-state index contributed by atoms with van der Waals surface area (Å²) in [6.45, 7) is 21.7. The Morgan fingerprint density at radius 2 is 0.661 bits per heavy atom. The minimum atomic E-state index is -0.879. The van der Waals surface area contributed by atoms with E-state index in [1.807, 2.05) is 6.92 Å². The van der Waals surface area contributed by atoms with Gasteiger partial charge in [-0.2, -0.15) is 0 Å². The molecule has 0 aliphatic carbocycles. The fraction of sp³-hybridized carbons (Fsp3) is 0.321. The molecule has 0 radical (unpaired) electrons. The molecule has 6 aromatic carbocycles. The summed E-state index contributed by atoms with van der Waals surface area (Å²) in [4.78, 5) is 128. The molecule has 9 heterocycles. The second kappa shape index (κ2) is 38.4. The van der Waals surface area contributed by atoms with Crippen molar-refractivity contribution in [3.63, 3.8) is 0 Å². The number of benzene rings is 6. The van der Waals surface area contributed by atoms with Crippen molar-refractivity contribution in [2.75, 3.05) is 109 Å². The van der Waals surface area contributed by atoms with Crippen LogP contribution in [0.2, 0.25) is 30.1 Å². The number of carbonyl (C=O) groups excluding carboxylic acids is 6. The number of H-pyrrole nitrogens is 1. The molecular weight excluding hydrogens is 1720 g/mol. The topological polar surface area (TPSA) is 277 Å². The Morgan fingerprint density at radius 3 is 0.942 bits per heavy atom. The number of halogens is 10. The van der Waals surface area contributed by atoms with Crippen LogP contribution in [0.25, 0.3) is 0 Å². The lowest BCUT2D eigenvalue weighted by molar-refractivity contribution is -0.128. The van der Waals surface area contributed by atoms with Crippen LogP contribution < -0.4 is 47.3 Å². The number of ether oxygens (including phenoxy) is 3. The van der Waals surface area contributed by atoms with E-state index in [-0.39, 0.29) is 56.9 Å². The Balaban J connectivity index is 0.000000160. The van der Waals surface area contributed by atoms with Crippen LogP contribution in [0.15, 0.2) is 194 Å². The lowest BCUT2D eigenvalue weighted by atomic mass is 9.94. The van der Waals surface area contributed by atoms with Gasteiger partial charge in [0.25, 0.3) is 34.4 Å². The van der Waals surface area contributed by atoms with E-state index in [9.17, 15) is 56.3 Å². The molecule has 121 heavy (non-hydrogen) atoms. The predicted molar refractivity (Wildman–Crippen MR) is 462 cm³/mol. The van der Waals surface area contributed by atoms with Gasteiger partial charge in [0, 0.05) is 142 Å². The third kappa shape index (κ3) is 20.3. The summed E-state index contributed by atoms with van der Waals surface area (Å²) >= 11 is 42.4. The van der Waals surface area contributed by atoms with Gasteiger partial charge in [-0.05, 0) is 188 Å². The average Bonchev–Trinajstić information content (AvgIpc) is 1.64. The number of carbonyl (C=O) groups is 6. The highest BCUT2D eigenvalue weighted by molar-refractivity contribution is 6.61.